The number of Topliss-reactive ketones (excluding diaryl/α,β-unsaturated/α-hetero) is 1. The Hall–Kier alpha value is -3.10. The summed E-state index contributed by atoms with van der Waals surface area (Å²) in [6.07, 6.45) is 12.9. The summed E-state index contributed by atoms with van der Waals surface area (Å²) in [5.41, 5.74) is 5.95. The van der Waals surface area contributed by atoms with E-state index in [1.807, 2.05) is 0 Å². The molecule has 1 heterocycles. The van der Waals surface area contributed by atoms with Gasteiger partial charge < -0.3 is 0 Å². The SMILES string of the molecule is CC(C)(C)C1=CC(=CC=C2C=C(c3ccccc3)SC(c3ccccc3)=C2)C=C(C(C)(C)C)C1=O. The van der Waals surface area contributed by atoms with Gasteiger partial charge in [-0.1, -0.05) is 126 Å². The zero-order valence-corrected chi connectivity index (χ0v) is 22.4. The van der Waals surface area contributed by atoms with Gasteiger partial charge in [-0.05, 0) is 57.4 Å². The van der Waals surface area contributed by atoms with Crippen molar-refractivity contribution >= 4 is 27.4 Å². The van der Waals surface area contributed by atoms with Gasteiger partial charge in [0.15, 0.2) is 5.78 Å². The molecule has 0 atom stereocenters. The molecule has 0 saturated heterocycles. The predicted molar refractivity (Wildman–Crippen MR) is 153 cm³/mol. The molecule has 0 fully saturated rings. The van der Waals surface area contributed by atoms with Crippen molar-refractivity contribution in [3.05, 3.63) is 131 Å². The van der Waals surface area contributed by atoms with Crippen molar-refractivity contribution in [1.29, 1.82) is 0 Å². The van der Waals surface area contributed by atoms with Crippen molar-refractivity contribution < 1.29 is 4.79 Å². The number of rotatable bonds is 3. The summed E-state index contributed by atoms with van der Waals surface area (Å²) in [7, 11) is 0. The zero-order chi connectivity index (χ0) is 25.2. The van der Waals surface area contributed by atoms with Gasteiger partial charge in [0.2, 0.25) is 0 Å². The van der Waals surface area contributed by atoms with Crippen molar-refractivity contribution in [1.82, 2.24) is 0 Å². The molecule has 0 unspecified atom stereocenters. The van der Waals surface area contributed by atoms with Gasteiger partial charge in [-0.15, -0.1) is 0 Å². The lowest BCUT2D eigenvalue weighted by molar-refractivity contribution is -0.114. The number of ketones is 1. The maximum atomic E-state index is 13.3. The first-order valence-corrected chi connectivity index (χ1v) is 13.0. The molecule has 35 heavy (non-hydrogen) atoms. The number of carbonyl (C=O) groups excluding carboxylic acids is 1. The molecule has 0 N–H and O–H groups in total. The molecule has 0 saturated carbocycles. The van der Waals surface area contributed by atoms with Crippen LogP contribution in [0.3, 0.4) is 0 Å². The smallest absolute Gasteiger partial charge is 0.186 e. The van der Waals surface area contributed by atoms with Crippen molar-refractivity contribution in [2.24, 2.45) is 10.8 Å². The Kier molecular flexibility index (Phi) is 7.05. The Balaban J connectivity index is 1.80. The van der Waals surface area contributed by atoms with Crippen LogP contribution in [-0.4, -0.2) is 5.78 Å². The average molecular weight is 479 g/mol. The summed E-state index contributed by atoms with van der Waals surface area (Å²) in [5.74, 6) is 0.168. The van der Waals surface area contributed by atoms with Crippen LogP contribution >= 0.6 is 11.8 Å². The number of carbonyl (C=O) groups is 1. The van der Waals surface area contributed by atoms with Gasteiger partial charge >= 0.3 is 0 Å². The summed E-state index contributed by atoms with van der Waals surface area (Å²) in [6.45, 7) is 12.7. The lowest BCUT2D eigenvalue weighted by Gasteiger charge is -2.31. The van der Waals surface area contributed by atoms with E-state index in [2.05, 4.69) is 139 Å². The second kappa shape index (κ2) is 9.87. The quantitative estimate of drug-likeness (QED) is 0.437. The first kappa shape index (κ1) is 25.0. The standard InChI is InChI=1S/C33H34OS/c1-32(2,3)27-19-23(20-28(31(27)34)33(4,5)6)17-18-24-21-29(25-13-9-7-10-14-25)35-30(22-24)26-15-11-8-12-16-26/h7-22H,1-6H3. The highest BCUT2D eigenvalue weighted by molar-refractivity contribution is 8.16. The van der Waals surface area contributed by atoms with E-state index in [4.69, 9.17) is 0 Å². The molecule has 2 heteroatoms. The number of hydrogen-bond donors (Lipinski definition) is 0. The molecular weight excluding hydrogens is 444 g/mol. The fourth-order valence-electron chi connectivity index (χ4n) is 4.16. The highest BCUT2D eigenvalue weighted by Crippen LogP contribution is 2.44. The molecule has 1 aliphatic heterocycles. The lowest BCUT2D eigenvalue weighted by atomic mass is 9.72. The maximum Gasteiger partial charge on any atom is 0.186 e. The van der Waals surface area contributed by atoms with Crippen LogP contribution in [0.25, 0.3) is 9.81 Å². The van der Waals surface area contributed by atoms with Crippen molar-refractivity contribution in [3.8, 4) is 0 Å². The number of thioether (sulfide) groups is 1. The van der Waals surface area contributed by atoms with E-state index in [-0.39, 0.29) is 16.6 Å². The van der Waals surface area contributed by atoms with E-state index in [0.717, 1.165) is 22.3 Å². The Morgan fingerprint density at radius 3 is 1.31 bits per heavy atom. The molecule has 1 aliphatic carbocycles. The summed E-state index contributed by atoms with van der Waals surface area (Å²) in [6, 6.07) is 21.1. The normalized spacial score (nSPS) is 16.8. The maximum absolute atomic E-state index is 13.3. The fourth-order valence-corrected chi connectivity index (χ4v) is 5.30. The molecule has 0 amide bonds. The zero-order valence-electron chi connectivity index (χ0n) is 21.6. The average Bonchev–Trinajstić information content (AvgIpc) is 2.83. The second-order valence-corrected chi connectivity index (χ2v) is 12.2. The minimum Gasteiger partial charge on any atom is -0.289 e. The topological polar surface area (TPSA) is 17.1 Å². The molecule has 0 aromatic heterocycles. The molecule has 0 spiro atoms. The molecular formula is C33H34OS. The van der Waals surface area contributed by atoms with E-state index in [1.54, 1.807) is 11.8 Å². The largest absolute Gasteiger partial charge is 0.289 e. The van der Waals surface area contributed by atoms with Crippen LogP contribution in [-0.2, 0) is 4.79 Å². The Bertz CT molecular complexity index is 1210. The van der Waals surface area contributed by atoms with E-state index in [1.165, 1.54) is 20.9 Å². The van der Waals surface area contributed by atoms with Crippen LogP contribution < -0.4 is 0 Å². The van der Waals surface area contributed by atoms with E-state index in [9.17, 15) is 4.79 Å². The van der Waals surface area contributed by atoms with Crippen LogP contribution in [0.1, 0.15) is 52.7 Å². The third kappa shape index (κ3) is 5.94. The first-order valence-electron chi connectivity index (χ1n) is 12.2. The van der Waals surface area contributed by atoms with Crippen LogP contribution in [0.15, 0.2) is 119 Å². The van der Waals surface area contributed by atoms with Crippen LogP contribution in [0.2, 0.25) is 0 Å². The van der Waals surface area contributed by atoms with Crippen LogP contribution in [0.4, 0.5) is 0 Å². The van der Waals surface area contributed by atoms with Crippen molar-refractivity contribution in [2.45, 2.75) is 41.5 Å². The Morgan fingerprint density at radius 1 is 0.571 bits per heavy atom. The van der Waals surface area contributed by atoms with Crippen LogP contribution in [0.5, 0.6) is 0 Å². The Morgan fingerprint density at radius 2 is 0.943 bits per heavy atom. The minimum absolute atomic E-state index is 0.168. The monoisotopic (exact) mass is 478 g/mol. The molecule has 0 radical (unpaired) electrons. The number of allylic oxidation sites excluding steroid dienone is 10. The summed E-state index contributed by atoms with van der Waals surface area (Å²) < 4.78 is 0. The molecule has 2 aliphatic rings. The van der Waals surface area contributed by atoms with Gasteiger partial charge in [0.25, 0.3) is 0 Å². The van der Waals surface area contributed by atoms with Gasteiger partial charge in [0.1, 0.15) is 0 Å². The summed E-state index contributed by atoms with van der Waals surface area (Å²) in [5, 5.41) is 0. The summed E-state index contributed by atoms with van der Waals surface area (Å²) in [4.78, 5) is 15.7. The molecule has 1 nitrogen and oxygen atoms in total. The second-order valence-electron chi connectivity index (χ2n) is 11.1. The lowest BCUT2D eigenvalue weighted by Crippen LogP contribution is -2.27. The van der Waals surface area contributed by atoms with Gasteiger partial charge in [-0.25, -0.2) is 0 Å². The fraction of sp³-hybridized carbons (Fsp3) is 0.242. The van der Waals surface area contributed by atoms with Crippen molar-refractivity contribution in [2.75, 3.05) is 0 Å². The molecule has 0 bridgehead atoms. The van der Waals surface area contributed by atoms with Gasteiger partial charge in [-0.2, -0.15) is 0 Å². The van der Waals surface area contributed by atoms with Gasteiger partial charge in [0.05, 0.1) is 0 Å². The third-order valence-corrected chi connectivity index (χ3v) is 7.27. The predicted octanol–water partition coefficient (Wildman–Crippen LogP) is 9.20. The van der Waals surface area contributed by atoms with E-state index < -0.39 is 0 Å². The number of hydrogen-bond acceptors (Lipinski definition) is 2. The van der Waals surface area contributed by atoms with Gasteiger partial charge in [0, 0.05) is 21.0 Å². The van der Waals surface area contributed by atoms with Gasteiger partial charge in [-0.3, -0.25) is 4.79 Å². The van der Waals surface area contributed by atoms with Crippen LogP contribution in [0, 0.1) is 10.8 Å². The van der Waals surface area contributed by atoms with Crippen molar-refractivity contribution in [3.63, 3.8) is 0 Å². The highest BCUT2D eigenvalue weighted by Gasteiger charge is 2.33. The molecule has 4 rings (SSSR count). The highest BCUT2D eigenvalue weighted by atomic mass is 32.2. The number of benzene rings is 2. The van der Waals surface area contributed by atoms with E-state index in [0.29, 0.717) is 0 Å². The molecule has 2 aromatic rings. The third-order valence-electron chi connectivity index (χ3n) is 6.13. The van der Waals surface area contributed by atoms with E-state index >= 15 is 0 Å². The molecule has 178 valence electrons. The minimum atomic E-state index is -0.212. The first-order chi connectivity index (χ1) is 16.5. The summed E-state index contributed by atoms with van der Waals surface area (Å²) >= 11 is 1.80. The Labute approximate surface area is 214 Å². The molecule has 2 aromatic carbocycles.